The number of fused-ring (bicyclic) bond motifs is 1. The number of aliphatic hydroxyl groups excluding tert-OH is 3. The van der Waals surface area contributed by atoms with Gasteiger partial charge in [0.25, 0.3) is 0 Å². The van der Waals surface area contributed by atoms with Crippen LogP contribution in [0.4, 0.5) is 0 Å². The molecule has 0 saturated carbocycles. The highest BCUT2D eigenvalue weighted by atomic mass is 16.6. The van der Waals surface area contributed by atoms with Crippen LogP contribution < -0.4 is 5.62 Å². The molecule has 4 unspecified atom stereocenters. The molecule has 19 heavy (non-hydrogen) atoms. The quantitative estimate of drug-likeness (QED) is 0.482. The second kappa shape index (κ2) is 4.46. The molecule has 4 atom stereocenters. The van der Waals surface area contributed by atoms with Gasteiger partial charge in [0.05, 0.1) is 17.6 Å². The molecule has 0 amide bonds. The van der Waals surface area contributed by atoms with Crippen LogP contribution in [0.15, 0.2) is 24.3 Å². The average molecular weight is 265 g/mol. The number of imidazole rings is 1. The number of hydrogen-bond donors (Lipinski definition) is 5. The van der Waals surface area contributed by atoms with E-state index in [0.29, 0.717) is 5.52 Å². The first kappa shape index (κ1) is 12.4. The SMILES string of the molecule is N=c1[nH]c2ccccc2n1C1OC(CO)C(O)C1O. The maximum atomic E-state index is 10.0. The summed E-state index contributed by atoms with van der Waals surface area (Å²) < 4.78 is 6.91. The predicted octanol–water partition coefficient (Wildman–Crippen LogP) is -0.940. The van der Waals surface area contributed by atoms with Crippen molar-refractivity contribution in [3.8, 4) is 0 Å². The van der Waals surface area contributed by atoms with Gasteiger partial charge in [-0.1, -0.05) is 12.1 Å². The second-order valence-electron chi connectivity index (χ2n) is 4.59. The van der Waals surface area contributed by atoms with E-state index in [9.17, 15) is 10.2 Å². The number of H-pyrrole nitrogens is 1. The van der Waals surface area contributed by atoms with Crippen LogP contribution in [0.1, 0.15) is 6.23 Å². The number of aliphatic hydroxyl groups is 3. The Balaban J connectivity index is 2.10. The van der Waals surface area contributed by atoms with Gasteiger partial charge in [0.1, 0.15) is 18.3 Å². The number of aromatic nitrogens is 2. The molecule has 7 nitrogen and oxygen atoms in total. The Bertz CT molecular complexity index is 650. The van der Waals surface area contributed by atoms with Gasteiger partial charge >= 0.3 is 0 Å². The lowest BCUT2D eigenvalue weighted by Gasteiger charge is -2.17. The molecule has 2 heterocycles. The summed E-state index contributed by atoms with van der Waals surface area (Å²) >= 11 is 0. The zero-order chi connectivity index (χ0) is 13.6. The first-order chi connectivity index (χ1) is 9.13. The minimum atomic E-state index is -1.19. The van der Waals surface area contributed by atoms with Crippen LogP contribution in [-0.4, -0.2) is 49.8 Å². The van der Waals surface area contributed by atoms with Gasteiger partial charge in [0, 0.05) is 0 Å². The summed E-state index contributed by atoms with van der Waals surface area (Å²) in [5.74, 6) is 0. The second-order valence-corrected chi connectivity index (χ2v) is 4.59. The lowest BCUT2D eigenvalue weighted by atomic mass is 10.1. The minimum absolute atomic E-state index is 0.0658. The van der Waals surface area contributed by atoms with Gasteiger partial charge in [-0.25, -0.2) is 0 Å². The fraction of sp³-hybridized carbons (Fsp3) is 0.417. The topological polar surface area (TPSA) is 114 Å². The summed E-state index contributed by atoms with van der Waals surface area (Å²) in [7, 11) is 0. The van der Waals surface area contributed by atoms with E-state index in [2.05, 4.69) is 4.98 Å². The van der Waals surface area contributed by atoms with Gasteiger partial charge in [-0.15, -0.1) is 0 Å². The fourth-order valence-electron chi connectivity index (χ4n) is 2.46. The standard InChI is InChI=1S/C12H15N3O4/c13-12-14-6-3-1-2-4-7(6)15(12)11-10(18)9(17)8(5-16)19-11/h1-4,8-11,16-18H,5H2,(H2,13,14). The van der Waals surface area contributed by atoms with E-state index in [1.165, 1.54) is 4.57 Å². The third-order valence-corrected chi connectivity index (χ3v) is 3.43. The number of nitrogens with one attached hydrogen (secondary N) is 2. The third kappa shape index (κ3) is 1.79. The largest absolute Gasteiger partial charge is 0.394 e. The lowest BCUT2D eigenvalue weighted by molar-refractivity contribution is -0.0527. The number of aromatic amines is 1. The molecule has 1 saturated heterocycles. The molecule has 1 aromatic carbocycles. The molecule has 5 N–H and O–H groups in total. The van der Waals surface area contributed by atoms with Gasteiger partial charge in [-0.2, -0.15) is 0 Å². The van der Waals surface area contributed by atoms with Crippen molar-refractivity contribution in [2.75, 3.05) is 6.61 Å². The third-order valence-electron chi connectivity index (χ3n) is 3.43. The van der Waals surface area contributed by atoms with E-state index in [4.69, 9.17) is 15.3 Å². The van der Waals surface area contributed by atoms with E-state index < -0.39 is 24.5 Å². The molecular formula is C12H15N3O4. The van der Waals surface area contributed by atoms with Crippen molar-refractivity contribution in [3.63, 3.8) is 0 Å². The summed E-state index contributed by atoms with van der Waals surface area (Å²) in [6.07, 6.45) is -4.10. The Morgan fingerprint density at radius 1 is 1.26 bits per heavy atom. The number of hydrogen-bond acceptors (Lipinski definition) is 5. The molecule has 102 valence electrons. The molecular weight excluding hydrogens is 250 g/mol. The first-order valence-corrected chi connectivity index (χ1v) is 6.00. The summed E-state index contributed by atoms with van der Waals surface area (Å²) in [5.41, 5.74) is 1.50. The van der Waals surface area contributed by atoms with E-state index in [1.807, 2.05) is 18.2 Å². The molecule has 0 radical (unpaired) electrons. The van der Waals surface area contributed by atoms with Crippen molar-refractivity contribution >= 4 is 11.0 Å². The molecule has 1 fully saturated rings. The van der Waals surface area contributed by atoms with Crippen LogP contribution in [0.25, 0.3) is 11.0 Å². The van der Waals surface area contributed by atoms with Gasteiger partial charge in [0.15, 0.2) is 6.23 Å². The molecule has 0 bridgehead atoms. The van der Waals surface area contributed by atoms with Crippen molar-refractivity contribution in [1.82, 2.24) is 9.55 Å². The van der Waals surface area contributed by atoms with Gasteiger partial charge < -0.3 is 25.0 Å². The maximum absolute atomic E-state index is 10.0. The molecule has 0 spiro atoms. The van der Waals surface area contributed by atoms with Crippen molar-refractivity contribution in [3.05, 3.63) is 29.9 Å². The zero-order valence-corrected chi connectivity index (χ0v) is 10.0. The Hall–Kier alpha value is -1.67. The smallest absolute Gasteiger partial charge is 0.202 e. The number of benzene rings is 1. The summed E-state index contributed by atoms with van der Waals surface area (Å²) in [5, 5.41) is 36.8. The van der Waals surface area contributed by atoms with Crippen molar-refractivity contribution in [2.45, 2.75) is 24.5 Å². The molecule has 3 rings (SSSR count). The van der Waals surface area contributed by atoms with Crippen molar-refractivity contribution < 1.29 is 20.1 Å². The molecule has 1 aliphatic heterocycles. The predicted molar refractivity (Wildman–Crippen MR) is 65.2 cm³/mol. The summed E-state index contributed by atoms with van der Waals surface area (Å²) in [6.45, 7) is -0.384. The van der Waals surface area contributed by atoms with E-state index in [0.717, 1.165) is 5.52 Å². The highest BCUT2D eigenvalue weighted by Gasteiger charge is 2.44. The minimum Gasteiger partial charge on any atom is -0.394 e. The Labute approximate surface area is 108 Å². The zero-order valence-electron chi connectivity index (χ0n) is 10.0. The Morgan fingerprint density at radius 3 is 2.68 bits per heavy atom. The number of para-hydroxylation sites is 2. The van der Waals surface area contributed by atoms with Crippen LogP contribution >= 0.6 is 0 Å². The molecule has 1 aliphatic rings. The van der Waals surface area contributed by atoms with Crippen LogP contribution in [0.2, 0.25) is 0 Å². The van der Waals surface area contributed by atoms with Crippen LogP contribution in [-0.2, 0) is 4.74 Å². The van der Waals surface area contributed by atoms with E-state index in [1.54, 1.807) is 6.07 Å². The van der Waals surface area contributed by atoms with Gasteiger partial charge in [0.2, 0.25) is 5.62 Å². The van der Waals surface area contributed by atoms with E-state index in [-0.39, 0.29) is 12.2 Å². The number of ether oxygens (including phenoxy) is 1. The fourth-order valence-corrected chi connectivity index (χ4v) is 2.46. The highest BCUT2D eigenvalue weighted by molar-refractivity contribution is 5.74. The van der Waals surface area contributed by atoms with Crippen LogP contribution in [0.3, 0.4) is 0 Å². The first-order valence-electron chi connectivity index (χ1n) is 6.00. The monoisotopic (exact) mass is 265 g/mol. The number of rotatable bonds is 2. The van der Waals surface area contributed by atoms with Crippen LogP contribution in [0.5, 0.6) is 0 Å². The summed E-state index contributed by atoms with van der Waals surface area (Å²) in [6, 6.07) is 7.25. The van der Waals surface area contributed by atoms with Crippen molar-refractivity contribution in [2.24, 2.45) is 0 Å². The van der Waals surface area contributed by atoms with Crippen molar-refractivity contribution in [1.29, 1.82) is 5.41 Å². The molecule has 1 aromatic heterocycles. The van der Waals surface area contributed by atoms with Gasteiger partial charge in [-0.05, 0) is 12.1 Å². The lowest BCUT2D eigenvalue weighted by Crippen LogP contribution is -2.34. The molecule has 0 aliphatic carbocycles. The summed E-state index contributed by atoms with van der Waals surface area (Å²) in [4.78, 5) is 2.87. The normalized spacial score (nSPS) is 31.1. The maximum Gasteiger partial charge on any atom is 0.202 e. The Morgan fingerprint density at radius 2 is 2.00 bits per heavy atom. The van der Waals surface area contributed by atoms with E-state index >= 15 is 0 Å². The van der Waals surface area contributed by atoms with Gasteiger partial charge in [-0.3, -0.25) is 9.98 Å². The molecule has 7 heteroatoms. The Kier molecular flexibility index (Phi) is 2.90. The highest BCUT2D eigenvalue weighted by Crippen LogP contribution is 2.30. The molecule has 2 aromatic rings. The van der Waals surface area contributed by atoms with Crippen LogP contribution in [0, 0.1) is 5.41 Å². The average Bonchev–Trinajstić information content (AvgIpc) is 2.88. The number of nitrogens with zero attached hydrogens (tertiary/aromatic N) is 1.